The van der Waals surface area contributed by atoms with Crippen molar-refractivity contribution < 1.29 is 9.53 Å². The van der Waals surface area contributed by atoms with Crippen LogP contribution in [0.5, 0.6) is 0 Å². The Hall–Kier alpha value is -2.33. The van der Waals surface area contributed by atoms with Crippen molar-refractivity contribution in [3.05, 3.63) is 74.2 Å². The van der Waals surface area contributed by atoms with Gasteiger partial charge in [0.05, 0.1) is 22.7 Å². The molecular formula is C21H15BrClN2O2Si. The number of benzene rings is 2. The summed E-state index contributed by atoms with van der Waals surface area (Å²) in [7, 11) is 5.05. The number of allylic oxidation sites excluding steroid dienone is 4. The van der Waals surface area contributed by atoms with Gasteiger partial charge in [-0.25, -0.2) is 4.79 Å². The van der Waals surface area contributed by atoms with E-state index < -0.39 is 5.97 Å². The second kappa shape index (κ2) is 8.35. The Morgan fingerprint density at radius 3 is 2.79 bits per heavy atom. The Kier molecular flexibility index (Phi) is 6.09. The monoisotopic (exact) mass is 469 g/mol. The highest BCUT2D eigenvalue weighted by Gasteiger charge is 2.18. The Morgan fingerprint density at radius 2 is 2.14 bits per heavy atom. The second-order valence-electron chi connectivity index (χ2n) is 6.33. The lowest BCUT2D eigenvalue weighted by Gasteiger charge is -2.21. The van der Waals surface area contributed by atoms with Gasteiger partial charge in [0.15, 0.2) is 0 Å². The van der Waals surface area contributed by atoms with E-state index in [4.69, 9.17) is 22.1 Å². The van der Waals surface area contributed by atoms with Gasteiger partial charge >= 0.3 is 5.97 Å². The molecule has 0 heterocycles. The van der Waals surface area contributed by atoms with Crippen molar-refractivity contribution in [2.45, 2.75) is 12.0 Å². The van der Waals surface area contributed by atoms with Gasteiger partial charge in [-0.1, -0.05) is 29.8 Å². The first kappa shape index (κ1) is 20.4. The van der Waals surface area contributed by atoms with Crippen molar-refractivity contribution >= 4 is 60.6 Å². The number of ether oxygens (including phenoxy) is 1. The summed E-state index contributed by atoms with van der Waals surface area (Å²) in [5, 5.41) is 9.80. The summed E-state index contributed by atoms with van der Waals surface area (Å²) in [6, 6.07) is 10.9. The molecule has 1 unspecified atom stereocenters. The van der Waals surface area contributed by atoms with Crippen LogP contribution in [0, 0.1) is 11.3 Å². The summed E-state index contributed by atoms with van der Waals surface area (Å²) in [6.07, 6.45) is 4.83. The molecule has 1 atom stereocenters. The van der Waals surface area contributed by atoms with Crippen LogP contribution in [0.1, 0.15) is 33.5 Å². The van der Waals surface area contributed by atoms with Crippen LogP contribution in [-0.2, 0) is 4.74 Å². The van der Waals surface area contributed by atoms with Gasteiger partial charge in [0.25, 0.3) is 0 Å². The van der Waals surface area contributed by atoms with Gasteiger partial charge in [0, 0.05) is 26.5 Å². The molecule has 0 bridgehead atoms. The van der Waals surface area contributed by atoms with Crippen molar-refractivity contribution in [3.63, 3.8) is 0 Å². The number of carbonyl (C=O) groups excluding carboxylic acids is 1. The maximum absolute atomic E-state index is 11.7. The molecule has 7 heteroatoms. The third kappa shape index (κ3) is 4.07. The molecule has 2 aromatic carbocycles. The van der Waals surface area contributed by atoms with E-state index in [1.165, 1.54) is 7.11 Å². The van der Waals surface area contributed by atoms with E-state index in [9.17, 15) is 10.1 Å². The van der Waals surface area contributed by atoms with Crippen LogP contribution in [0.4, 0.5) is 5.69 Å². The van der Waals surface area contributed by atoms with Gasteiger partial charge in [-0.3, -0.25) is 0 Å². The molecule has 3 rings (SSSR count). The molecular weight excluding hydrogens is 456 g/mol. The summed E-state index contributed by atoms with van der Waals surface area (Å²) >= 11 is 9.79. The summed E-state index contributed by atoms with van der Waals surface area (Å²) in [4.78, 5) is 11.7. The third-order valence-electron chi connectivity index (χ3n) is 4.44. The van der Waals surface area contributed by atoms with E-state index in [-0.39, 0.29) is 5.54 Å². The summed E-state index contributed by atoms with van der Waals surface area (Å²) in [5.74, 6) is -0.435. The molecule has 1 aliphatic rings. The lowest BCUT2D eigenvalue weighted by molar-refractivity contribution is 0.0600. The Morgan fingerprint density at radius 1 is 1.39 bits per heavy atom. The van der Waals surface area contributed by atoms with Gasteiger partial charge in [0.2, 0.25) is 0 Å². The van der Waals surface area contributed by atoms with Crippen LogP contribution in [0.15, 0.2) is 47.0 Å². The lowest BCUT2D eigenvalue weighted by atomic mass is 9.89. The topological polar surface area (TPSA) is 76.1 Å². The van der Waals surface area contributed by atoms with Crippen molar-refractivity contribution in [2.24, 2.45) is 0 Å². The zero-order chi connectivity index (χ0) is 20.4. The molecule has 0 amide bonds. The molecule has 4 nitrogen and oxygen atoms in total. The molecule has 0 aliphatic heterocycles. The Bertz CT molecular complexity index is 1070. The van der Waals surface area contributed by atoms with E-state index in [1.54, 1.807) is 18.2 Å². The molecule has 1 aliphatic carbocycles. The number of nitriles is 1. The summed E-state index contributed by atoms with van der Waals surface area (Å²) < 4.78 is 5.34. The molecule has 28 heavy (non-hydrogen) atoms. The molecule has 0 fully saturated rings. The number of methoxy groups -OCH3 is 1. The van der Waals surface area contributed by atoms with Crippen LogP contribution in [0.2, 0.25) is 10.6 Å². The Balaban J connectivity index is 2.05. The van der Waals surface area contributed by atoms with Crippen molar-refractivity contribution in [3.8, 4) is 6.07 Å². The number of halogens is 2. The lowest BCUT2D eigenvalue weighted by Crippen LogP contribution is -2.03. The minimum absolute atomic E-state index is 0.0850. The highest BCUT2D eigenvalue weighted by molar-refractivity contribution is 9.10. The summed E-state index contributed by atoms with van der Waals surface area (Å²) in [6.45, 7) is 0. The highest BCUT2D eigenvalue weighted by Crippen LogP contribution is 2.39. The molecule has 3 radical (unpaired) electrons. The third-order valence-corrected chi connectivity index (χ3v) is 6.01. The smallest absolute Gasteiger partial charge is 0.337 e. The summed E-state index contributed by atoms with van der Waals surface area (Å²) in [5.41, 5.74) is 11.2. The average molecular weight is 471 g/mol. The quantitative estimate of drug-likeness (QED) is 0.381. The second-order valence-corrected chi connectivity index (χ2v) is 8.27. The highest BCUT2D eigenvalue weighted by atomic mass is 79.9. The molecule has 2 N–H and O–H groups in total. The molecule has 0 saturated carbocycles. The van der Waals surface area contributed by atoms with Crippen LogP contribution >= 0.6 is 27.5 Å². The number of nitrogen functional groups attached to an aromatic ring is 1. The van der Waals surface area contributed by atoms with Crippen LogP contribution in [-0.4, -0.2) is 23.3 Å². The van der Waals surface area contributed by atoms with Crippen molar-refractivity contribution in [1.29, 1.82) is 5.26 Å². The number of anilines is 1. The number of hydrogen-bond acceptors (Lipinski definition) is 4. The van der Waals surface area contributed by atoms with Crippen molar-refractivity contribution in [2.75, 3.05) is 12.8 Å². The number of nitrogens with two attached hydrogens (primary N) is 1. The van der Waals surface area contributed by atoms with E-state index in [2.05, 4.69) is 38.3 Å². The van der Waals surface area contributed by atoms with Crippen molar-refractivity contribution in [1.82, 2.24) is 0 Å². The molecule has 0 aromatic heterocycles. The normalized spacial score (nSPS) is 16.0. The molecule has 0 spiro atoms. The zero-order valence-electron chi connectivity index (χ0n) is 14.9. The fourth-order valence-corrected chi connectivity index (χ4v) is 4.09. The standard InChI is InChI=1S/C21H15BrClN2O2Si/c1-27-21(26)11-2-3-17(18(23)8-11)14-4-12(6-16(28)7-14)13-5-15(10-24)20(22)19(25)9-13/h2-5,7-9,16H,6,25H2,1H3. The number of hydrogen-bond donors (Lipinski definition) is 1. The predicted molar refractivity (Wildman–Crippen MR) is 116 cm³/mol. The first-order valence-corrected chi connectivity index (χ1v) is 10.1. The molecule has 0 saturated heterocycles. The average Bonchev–Trinajstić information content (AvgIpc) is 2.68. The first-order chi connectivity index (χ1) is 13.3. The largest absolute Gasteiger partial charge is 0.465 e. The van der Waals surface area contributed by atoms with Crippen LogP contribution in [0.3, 0.4) is 0 Å². The number of carbonyl (C=O) groups is 1. The minimum atomic E-state index is -0.435. The Labute approximate surface area is 180 Å². The molecule has 139 valence electrons. The number of esters is 1. The van der Waals surface area contributed by atoms with E-state index >= 15 is 0 Å². The van der Waals surface area contributed by atoms with E-state index in [0.717, 1.165) is 28.7 Å². The zero-order valence-corrected chi connectivity index (χ0v) is 18.3. The van der Waals surface area contributed by atoms with Crippen LogP contribution < -0.4 is 5.73 Å². The maximum atomic E-state index is 11.7. The van der Waals surface area contributed by atoms with Gasteiger partial charge in [0.1, 0.15) is 6.07 Å². The van der Waals surface area contributed by atoms with Gasteiger partial charge < -0.3 is 10.5 Å². The maximum Gasteiger partial charge on any atom is 0.337 e. The van der Waals surface area contributed by atoms with Gasteiger partial charge in [-0.15, -0.1) is 0 Å². The van der Waals surface area contributed by atoms with E-state index in [0.29, 0.717) is 26.3 Å². The SMILES string of the molecule is COC(=O)c1ccc(C2=CC([Si])CC(c3cc(N)c(Br)c(C#N)c3)=C2)c(Cl)c1. The van der Waals surface area contributed by atoms with Gasteiger partial charge in [-0.2, -0.15) is 5.26 Å². The van der Waals surface area contributed by atoms with Gasteiger partial charge in [-0.05, 0) is 68.9 Å². The minimum Gasteiger partial charge on any atom is -0.465 e. The fourth-order valence-electron chi connectivity index (χ4n) is 3.08. The number of rotatable bonds is 3. The number of nitrogens with zero attached hydrogens (tertiary/aromatic N) is 1. The first-order valence-electron chi connectivity index (χ1n) is 8.35. The predicted octanol–water partition coefficient (Wildman–Crippen LogP) is 5.17. The molecule has 2 aromatic rings. The fraction of sp³-hybridized carbons (Fsp3) is 0.143. The van der Waals surface area contributed by atoms with E-state index in [1.807, 2.05) is 18.2 Å². The van der Waals surface area contributed by atoms with Crippen LogP contribution in [0.25, 0.3) is 11.1 Å².